The van der Waals surface area contributed by atoms with Gasteiger partial charge in [-0.25, -0.2) is 0 Å². The van der Waals surface area contributed by atoms with Crippen molar-refractivity contribution in [2.75, 3.05) is 14.1 Å². The van der Waals surface area contributed by atoms with Gasteiger partial charge in [0.2, 0.25) is 5.89 Å². The lowest BCUT2D eigenvalue weighted by Crippen LogP contribution is -2.24. The Kier molecular flexibility index (Phi) is 10.1. The second-order valence-corrected chi connectivity index (χ2v) is 9.68. The van der Waals surface area contributed by atoms with Crippen molar-refractivity contribution in [2.24, 2.45) is 5.92 Å². The fraction of sp³-hybridized carbons (Fsp3) is 0.379. The van der Waals surface area contributed by atoms with E-state index in [0.717, 1.165) is 23.1 Å². The number of hydrogen-bond donors (Lipinski definition) is 0. The Morgan fingerprint density at radius 1 is 1.11 bits per heavy atom. The van der Waals surface area contributed by atoms with Crippen LogP contribution in [0.25, 0.3) is 23.1 Å². The van der Waals surface area contributed by atoms with Crippen LogP contribution in [0.4, 0.5) is 0 Å². The average Bonchev–Trinajstić information content (AvgIpc) is 3.61. The van der Waals surface area contributed by atoms with Crippen molar-refractivity contribution < 1.29 is 13.6 Å². The summed E-state index contributed by atoms with van der Waals surface area (Å²) in [6.45, 7) is 10.1. The van der Waals surface area contributed by atoms with Crippen LogP contribution >= 0.6 is 11.6 Å². The number of halogens is 1. The Labute approximate surface area is 219 Å². The first kappa shape index (κ1) is 27.5. The molecule has 2 atom stereocenters. The van der Waals surface area contributed by atoms with E-state index < -0.39 is 0 Å². The molecule has 36 heavy (non-hydrogen) atoms. The van der Waals surface area contributed by atoms with Gasteiger partial charge in [0.05, 0.1) is 5.03 Å². The summed E-state index contributed by atoms with van der Waals surface area (Å²) in [5.41, 5.74) is 2.02. The van der Waals surface area contributed by atoms with E-state index in [1.165, 1.54) is 19.3 Å². The largest absolute Gasteiger partial charge is 0.484 e. The smallest absolute Gasteiger partial charge is 0.283 e. The SMILES string of the molecule is C=C/C=C(Cl)\C(=C/C)OCc1ccc(-c2nnc(-c3ccc(C)cc3)o2)o1.CC1CCC(N(C)C)C1. The van der Waals surface area contributed by atoms with E-state index in [1.54, 1.807) is 30.4 Å². The molecular weight excluding hydrogens is 474 g/mol. The highest BCUT2D eigenvalue weighted by Gasteiger charge is 2.22. The number of aromatic nitrogens is 2. The van der Waals surface area contributed by atoms with E-state index in [-0.39, 0.29) is 6.61 Å². The Morgan fingerprint density at radius 3 is 2.42 bits per heavy atom. The van der Waals surface area contributed by atoms with Crippen LogP contribution in [0.1, 0.15) is 44.4 Å². The van der Waals surface area contributed by atoms with E-state index in [1.807, 2.05) is 38.1 Å². The summed E-state index contributed by atoms with van der Waals surface area (Å²) < 4.78 is 17.1. The highest BCUT2D eigenvalue weighted by molar-refractivity contribution is 6.31. The first-order valence-electron chi connectivity index (χ1n) is 12.2. The highest BCUT2D eigenvalue weighted by atomic mass is 35.5. The number of hydrogen-bond acceptors (Lipinski definition) is 6. The maximum absolute atomic E-state index is 6.12. The number of rotatable bonds is 8. The van der Waals surface area contributed by atoms with Crippen LogP contribution in [-0.2, 0) is 11.3 Å². The van der Waals surface area contributed by atoms with Crippen LogP contribution in [0.2, 0.25) is 0 Å². The van der Waals surface area contributed by atoms with Crippen molar-refractivity contribution in [1.29, 1.82) is 0 Å². The van der Waals surface area contributed by atoms with Gasteiger partial charge in [0.25, 0.3) is 5.89 Å². The Morgan fingerprint density at radius 2 is 1.83 bits per heavy atom. The average molecular weight is 510 g/mol. The molecule has 0 N–H and O–H groups in total. The molecule has 0 spiro atoms. The molecule has 7 heteroatoms. The summed E-state index contributed by atoms with van der Waals surface area (Å²) in [7, 11) is 4.37. The highest BCUT2D eigenvalue weighted by Crippen LogP contribution is 2.28. The molecule has 2 heterocycles. The predicted octanol–water partition coefficient (Wildman–Crippen LogP) is 7.77. The van der Waals surface area contributed by atoms with Crippen molar-refractivity contribution in [3.05, 3.63) is 83.3 Å². The van der Waals surface area contributed by atoms with Gasteiger partial charge in [0.15, 0.2) is 5.76 Å². The van der Waals surface area contributed by atoms with Crippen molar-refractivity contribution in [2.45, 2.75) is 52.7 Å². The molecule has 0 radical (unpaired) electrons. The Hall–Kier alpha value is -3.09. The molecule has 1 aromatic carbocycles. The number of furan rings is 1. The summed E-state index contributed by atoms with van der Waals surface area (Å²) >= 11 is 6.12. The van der Waals surface area contributed by atoms with Gasteiger partial charge in [-0.05, 0) is 89.5 Å². The van der Waals surface area contributed by atoms with Crippen molar-refractivity contribution >= 4 is 11.6 Å². The van der Waals surface area contributed by atoms with Crippen LogP contribution in [0.15, 0.2) is 80.8 Å². The predicted molar refractivity (Wildman–Crippen MR) is 145 cm³/mol. The minimum absolute atomic E-state index is 0.222. The van der Waals surface area contributed by atoms with E-state index in [9.17, 15) is 0 Å². The molecule has 0 amide bonds. The molecule has 192 valence electrons. The van der Waals surface area contributed by atoms with Gasteiger partial charge in [0, 0.05) is 11.6 Å². The molecule has 1 aliphatic carbocycles. The van der Waals surface area contributed by atoms with Gasteiger partial charge in [-0.1, -0.05) is 48.9 Å². The maximum Gasteiger partial charge on any atom is 0.283 e. The monoisotopic (exact) mass is 509 g/mol. The second kappa shape index (κ2) is 13.3. The lowest BCUT2D eigenvalue weighted by Gasteiger charge is -2.17. The summed E-state index contributed by atoms with van der Waals surface area (Å²) in [5, 5.41) is 8.61. The third-order valence-electron chi connectivity index (χ3n) is 6.13. The maximum atomic E-state index is 6.12. The third-order valence-corrected chi connectivity index (χ3v) is 6.44. The van der Waals surface area contributed by atoms with Gasteiger partial charge < -0.3 is 18.5 Å². The summed E-state index contributed by atoms with van der Waals surface area (Å²) in [4.78, 5) is 2.35. The summed E-state index contributed by atoms with van der Waals surface area (Å²) in [5.74, 6) is 3.37. The van der Waals surface area contributed by atoms with Crippen LogP contribution < -0.4 is 0 Å². The minimum Gasteiger partial charge on any atom is -0.484 e. The zero-order valence-corrected chi connectivity index (χ0v) is 22.6. The van der Waals surface area contributed by atoms with Crippen molar-refractivity contribution in [1.82, 2.24) is 15.1 Å². The molecule has 1 aliphatic rings. The van der Waals surface area contributed by atoms with Crippen molar-refractivity contribution in [3.8, 4) is 23.1 Å². The zero-order chi connectivity index (χ0) is 26.1. The lowest BCUT2D eigenvalue weighted by atomic mass is 10.1. The van der Waals surface area contributed by atoms with Crippen LogP contribution in [0.5, 0.6) is 0 Å². The van der Waals surface area contributed by atoms with E-state index in [0.29, 0.717) is 34.1 Å². The number of allylic oxidation sites excluding steroid dienone is 4. The third kappa shape index (κ3) is 7.70. The molecule has 0 aliphatic heterocycles. The quantitative estimate of drug-likeness (QED) is 0.228. The molecule has 2 unspecified atom stereocenters. The molecule has 0 saturated heterocycles. The van der Waals surface area contributed by atoms with Crippen LogP contribution in [-0.4, -0.2) is 35.2 Å². The fourth-order valence-corrected chi connectivity index (χ4v) is 4.23. The Balaban J connectivity index is 0.000000338. The molecule has 1 saturated carbocycles. The minimum atomic E-state index is 0.222. The van der Waals surface area contributed by atoms with Gasteiger partial charge >= 0.3 is 0 Å². The summed E-state index contributed by atoms with van der Waals surface area (Å²) in [6, 6.07) is 12.3. The Bertz CT molecular complexity index is 1170. The van der Waals surface area contributed by atoms with E-state index in [4.69, 9.17) is 25.2 Å². The van der Waals surface area contributed by atoms with Crippen LogP contribution in [0.3, 0.4) is 0 Å². The number of benzene rings is 1. The van der Waals surface area contributed by atoms with Gasteiger partial charge in [0.1, 0.15) is 18.1 Å². The van der Waals surface area contributed by atoms with Crippen molar-refractivity contribution in [3.63, 3.8) is 0 Å². The molecule has 2 aromatic heterocycles. The number of ether oxygens (including phenoxy) is 1. The van der Waals surface area contributed by atoms with Gasteiger partial charge in [-0.15, -0.1) is 10.2 Å². The molecule has 3 aromatic rings. The topological polar surface area (TPSA) is 64.5 Å². The first-order chi connectivity index (χ1) is 17.3. The zero-order valence-electron chi connectivity index (χ0n) is 21.8. The first-order valence-corrected chi connectivity index (χ1v) is 12.6. The van der Waals surface area contributed by atoms with E-state index >= 15 is 0 Å². The van der Waals surface area contributed by atoms with Gasteiger partial charge in [-0.2, -0.15) is 0 Å². The normalized spacial score (nSPS) is 18.2. The molecule has 4 rings (SSSR count). The van der Waals surface area contributed by atoms with Gasteiger partial charge in [-0.3, -0.25) is 0 Å². The second-order valence-electron chi connectivity index (χ2n) is 9.27. The standard InChI is InChI=1S/C21H19ClN2O3.C8H17N/c1-4-6-17(22)18(5-2)25-13-16-11-12-19(26-16)21-24-23-20(27-21)15-9-7-14(3)8-10-15;1-7-4-5-8(6-7)9(2)3/h4-12H,1,13H2,2-3H3;7-8H,4-6H2,1-3H3/b17-6+,18-5+;. The summed E-state index contributed by atoms with van der Waals surface area (Å²) in [6.07, 6.45) is 9.29. The number of nitrogens with zero attached hydrogens (tertiary/aromatic N) is 3. The van der Waals surface area contributed by atoms with E-state index in [2.05, 4.69) is 42.7 Å². The van der Waals surface area contributed by atoms with Crippen LogP contribution in [0, 0.1) is 12.8 Å². The lowest BCUT2D eigenvalue weighted by molar-refractivity contribution is 0.186. The number of aryl methyl sites for hydroxylation is 1. The molecule has 0 bridgehead atoms. The molecule has 6 nitrogen and oxygen atoms in total. The molecular formula is C29H36ClN3O3. The fourth-order valence-electron chi connectivity index (χ4n) is 3.98. The molecule has 1 fully saturated rings.